The molecule has 0 radical (unpaired) electrons. The van der Waals surface area contributed by atoms with Crippen LogP contribution in [0.4, 0.5) is 0 Å². The summed E-state index contributed by atoms with van der Waals surface area (Å²) in [5.74, 6) is 0. The van der Waals surface area contributed by atoms with Gasteiger partial charge in [0.05, 0.1) is 0 Å². The van der Waals surface area contributed by atoms with Crippen molar-refractivity contribution in [2.45, 2.75) is 45.1 Å². The fraction of sp³-hybridized carbons (Fsp3) is 1.00. The minimum Gasteiger partial charge on any atom is -0.315 e. The van der Waals surface area contributed by atoms with Gasteiger partial charge in [0.25, 0.3) is 0 Å². The van der Waals surface area contributed by atoms with Gasteiger partial charge < -0.3 is 10.2 Å². The van der Waals surface area contributed by atoms with Gasteiger partial charge in [0.1, 0.15) is 0 Å². The first-order valence-electron chi connectivity index (χ1n) is 7.57. The first kappa shape index (κ1) is 13.3. The second-order valence-corrected chi connectivity index (χ2v) is 5.59. The minimum atomic E-state index is 0.869. The lowest BCUT2D eigenvalue weighted by Gasteiger charge is -2.23. The van der Waals surface area contributed by atoms with Crippen molar-refractivity contribution < 1.29 is 0 Å². The van der Waals surface area contributed by atoms with E-state index in [2.05, 4.69) is 22.0 Å². The molecule has 0 aliphatic carbocycles. The Balaban J connectivity index is 1.54. The largest absolute Gasteiger partial charge is 0.315 e. The SMILES string of the molecule is CCCCNCCN1CCC(N2CCCC2)C1. The average Bonchev–Trinajstić information content (AvgIpc) is 2.99. The maximum atomic E-state index is 3.54. The highest BCUT2D eigenvalue weighted by Crippen LogP contribution is 2.19. The molecule has 0 spiro atoms. The van der Waals surface area contributed by atoms with Gasteiger partial charge in [-0.05, 0) is 51.9 Å². The van der Waals surface area contributed by atoms with Crippen molar-refractivity contribution in [3.05, 3.63) is 0 Å². The zero-order valence-electron chi connectivity index (χ0n) is 11.5. The first-order valence-corrected chi connectivity index (χ1v) is 7.57. The van der Waals surface area contributed by atoms with Crippen LogP contribution in [-0.4, -0.2) is 61.7 Å². The van der Waals surface area contributed by atoms with Crippen molar-refractivity contribution in [2.24, 2.45) is 0 Å². The van der Waals surface area contributed by atoms with Gasteiger partial charge in [-0.15, -0.1) is 0 Å². The van der Waals surface area contributed by atoms with Gasteiger partial charge in [0.2, 0.25) is 0 Å². The summed E-state index contributed by atoms with van der Waals surface area (Å²) in [5.41, 5.74) is 0. The molecule has 0 saturated carbocycles. The van der Waals surface area contributed by atoms with E-state index < -0.39 is 0 Å². The van der Waals surface area contributed by atoms with E-state index in [1.165, 1.54) is 77.9 Å². The molecule has 0 aromatic rings. The summed E-state index contributed by atoms with van der Waals surface area (Å²) in [5, 5.41) is 3.54. The molecule has 17 heavy (non-hydrogen) atoms. The predicted molar refractivity (Wildman–Crippen MR) is 73.4 cm³/mol. The number of unbranched alkanes of at least 4 members (excludes halogenated alkanes) is 1. The average molecular weight is 239 g/mol. The Kier molecular flexibility index (Phi) is 5.75. The van der Waals surface area contributed by atoms with Crippen LogP contribution in [0, 0.1) is 0 Å². The lowest BCUT2D eigenvalue weighted by atomic mass is 10.2. The summed E-state index contributed by atoms with van der Waals surface area (Å²) < 4.78 is 0. The van der Waals surface area contributed by atoms with E-state index in [1.807, 2.05) is 0 Å². The highest BCUT2D eigenvalue weighted by molar-refractivity contribution is 4.85. The van der Waals surface area contributed by atoms with E-state index in [-0.39, 0.29) is 0 Å². The highest BCUT2D eigenvalue weighted by Gasteiger charge is 2.28. The van der Waals surface area contributed by atoms with Crippen molar-refractivity contribution in [3.63, 3.8) is 0 Å². The minimum absolute atomic E-state index is 0.869. The molecule has 2 heterocycles. The van der Waals surface area contributed by atoms with Crippen LogP contribution in [0.15, 0.2) is 0 Å². The van der Waals surface area contributed by atoms with Gasteiger partial charge >= 0.3 is 0 Å². The molecule has 3 nitrogen and oxygen atoms in total. The molecule has 1 N–H and O–H groups in total. The summed E-state index contributed by atoms with van der Waals surface area (Å²) in [4.78, 5) is 5.35. The molecular formula is C14H29N3. The van der Waals surface area contributed by atoms with Crippen molar-refractivity contribution in [3.8, 4) is 0 Å². The van der Waals surface area contributed by atoms with Gasteiger partial charge in [0.15, 0.2) is 0 Å². The number of nitrogens with one attached hydrogen (secondary N) is 1. The lowest BCUT2D eigenvalue weighted by molar-refractivity contribution is 0.232. The van der Waals surface area contributed by atoms with E-state index in [0.29, 0.717) is 0 Å². The summed E-state index contributed by atoms with van der Waals surface area (Å²) in [6, 6.07) is 0.869. The zero-order chi connectivity index (χ0) is 11.9. The predicted octanol–water partition coefficient (Wildman–Crippen LogP) is 1.55. The third-order valence-electron chi connectivity index (χ3n) is 4.22. The highest BCUT2D eigenvalue weighted by atomic mass is 15.3. The molecule has 2 saturated heterocycles. The molecule has 2 aliphatic rings. The zero-order valence-corrected chi connectivity index (χ0v) is 11.5. The molecular weight excluding hydrogens is 210 g/mol. The lowest BCUT2D eigenvalue weighted by Crippen LogP contribution is -2.37. The standard InChI is InChI=1S/C14H29N3/c1-2-3-7-15-8-12-16-11-6-14(13-16)17-9-4-5-10-17/h14-15H,2-13H2,1H3. The first-order chi connectivity index (χ1) is 8.40. The molecule has 2 fully saturated rings. The van der Waals surface area contributed by atoms with Gasteiger partial charge in [-0.1, -0.05) is 13.3 Å². The van der Waals surface area contributed by atoms with E-state index in [4.69, 9.17) is 0 Å². The smallest absolute Gasteiger partial charge is 0.0235 e. The van der Waals surface area contributed by atoms with Crippen LogP contribution in [0.3, 0.4) is 0 Å². The number of rotatable bonds is 7. The summed E-state index contributed by atoms with van der Waals surface area (Å²) >= 11 is 0. The van der Waals surface area contributed by atoms with Crippen LogP contribution in [0.5, 0.6) is 0 Å². The van der Waals surface area contributed by atoms with Crippen molar-refractivity contribution in [2.75, 3.05) is 45.8 Å². The van der Waals surface area contributed by atoms with Crippen molar-refractivity contribution >= 4 is 0 Å². The van der Waals surface area contributed by atoms with Gasteiger partial charge in [-0.2, -0.15) is 0 Å². The van der Waals surface area contributed by atoms with E-state index in [9.17, 15) is 0 Å². The maximum absolute atomic E-state index is 3.54. The Hall–Kier alpha value is -0.120. The van der Waals surface area contributed by atoms with E-state index >= 15 is 0 Å². The molecule has 0 aromatic carbocycles. The van der Waals surface area contributed by atoms with Gasteiger partial charge in [0, 0.05) is 25.7 Å². The fourth-order valence-electron chi connectivity index (χ4n) is 3.08. The summed E-state index contributed by atoms with van der Waals surface area (Å²) in [7, 11) is 0. The topological polar surface area (TPSA) is 18.5 Å². The molecule has 1 unspecified atom stereocenters. The number of likely N-dealkylation sites (tertiary alicyclic amines) is 2. The van der Waals surface area contributed by atoms with Crippen LogP contribution < -0.4 is 5.32 Å². The molecule has 0 amide bonds. The molecule has 0 aromatic heterocycles. The Labute approximate surface area is 107 Å². The molecule has 2 rings (SSSR count). The van der Waals surface area contributed by atoms with Crippen molar-refractivity contribution in [1.29, 1.82) is 0 Å². The van der Waals surface area contributed by atoms with Crippen LogP contribution in [0.2, 0.25) is 0 Å². The second-order valence-electron chi connectivity index (χ2n) is 5.59. The van der Waals surface area contributed by atoms with Crippen molar-refractivity contribution in [1.82, 2.24) is 15.1 Å². The van der Waals surface area contributed by atoms with Crippen LogP contribution >= 0.6 is 0 Å². The molecule has 2 aliphatic heterocycles. The van der Waals surface area contributed by atoms with E-state index in [0.717, 1.165) is 6.04 Å². The Morgan fingerprint density at radius 3 is 2.71 bits per heavy atom. The second kappa shape index (κ2) is 7.34. The molecule has 100 valence electrons. The molecule has 3 heteroatoms. The monoisotopic (exact) mass is 239 g/mol. The van der Waals surface area contributed by atoms with Gasteiger partial charge in [-0.3, -0.25) is 4.90 Å². The van der Waals surface area contributed by atoms with E-state index in [1.54, 1.807) is 0 Å². The fourth-order valence-corrected chi connectivity index (χ4v) is 3.08. The Morgan fingerprint density at radius 1 is 1.12 bits per heavy atom. The number of hydrogen-bond acceptors (Lipinski definition) is 3. The van der Waals surface area contributed by atoms with Gasteiger partial charge in [-0.25, -0.2) is 0 Å². The third kappa shape index (κ3) is 4.23. The normalized spacial score (nSPS) is 27.0. The third-order valence-corrected chi connectivity index (χ3v) is 4.22. The quantitative estimate of drug-likeness (QED) is 0.680. The van der Waals surface area contributed by atoms with Crippen LogP contribution in [-0.2, 0) is 0 Å². The Morgan fingerprint density at radius 2 is 1.94 bits per heavy atom. The molecule has 1 atom stereocenters. The van der Waals surface area contributed by atoms with Crippen LogP contribution in [0.25, 0.3) is 0 Å². The summed E-state index contributed by atoms with van der Waals surface area (Å²) in [6.07, 6.45) is 6.86. The molecule has 0 bridgehead atoms. The number of hydrogen-bond donors (Lipinski definition) is 1. The summed E-state index contributed by atoms with van der Waals surface area (Å²) in [6.45, 7) is 11.2. The maximum Gasteiger partial charge on any atom is 0.0235 e. The number of nitrogens with zero attached hydrogens (tertiary/aromatic N) is 2. The Bertz CT molecular complexity index is 202. The van der Waals surface area contributed by atoms with Crippen LogP contribution in [0.1, 0.15) is 39.0 Å².